The normalized spacial score (nSPS) is 10.3. The topological polar surface area (TPSA) is 102 Å². The van der Waals surface area contributed by atoms with E-state index in [1.54, 1.807) is 13.2 Å². The van der Waals surface area contributed by atoms with Gasteiger partial charge in [-0.25, -0.2) is 19.0 Å². The van der Waals surface area contributed by atoms with Crippen LogP contribution in [0.4, 0.5) is 9.18 Å². The van der Waals surface area contributed by atoms with Crippen molar-refractivity contribution in [3.05, 3.63) is 42.0 Å². The zero-order chi connectivity index (χ0) is 19.1. The molecule has 8 nitrogen and oxygen atoms in total. The quantitative estimate of drug-likeness (QED) is 0.585. The summed E-state index contributed by atoms with van der Waals surface area (Å²) in [5, 5.41) is 4.90. The van der Waals surface area contributed by atoms with E-state index in [1.165, 1.54) is 46.8 Å². The van der Waals surface area contributed by atoms with Gasteiger partial charge in [0, 0.05) is 12.2 Å². The minimum atomic E-state index is -0.798. The van der Waals surface area contributed by atoms with Crippen molar-refractivity contribution in [2.75, 3.05) is 19.4 Å². The van der Waals surface area contributed by atoms with E-state index in [0.29, 0.717) is 17.4 Å². The van der Waals surface area contributed by atoms with E-state index in [0.717, 1.165) is 0 Å². The average molecular weight is 380 g/mol. The van der Waals surface area contributed by atoms with Gasteiger partial charge in [0.05, 0.1) is 6.20 Å². The molecule has 2 aromatic rings. The van der Waals surface area contributed by atoms with Crippen LogP contribution in [0.25, 0.3) is 5.69 Å². The van der Waals surface area contributed by atoms with Crippen LogP contribution >= 0.6 is 11.8 Å². The molecular weight excluding hydrogens is 363 g/mol. The number of benzene rings is 1. The third-order valence-corrected chi connectivity index (χ3v) is 3.78. The Morgan fingerprint density at radius 3 is 2.58 bits per heavy atom. The maximum atomic E-state index is 13.1. The second-order valence-electron chi connectivity index (χ2n) is 4.93. The minimum absolute atomic E-state index is 0.0757. The molecule has 138 valence electrons. The molecule has 1 aromatic carbocycles. The molecular formula is C16H17FN4O4S. The molecule has 0 unspecified atom stereocenters. The van der Waals surface area contributed by atoms with Crippen molar-refractivity contribution in [3.8, 4) is 5.69 Å². The Bertz CT molecular complexity index is 807. The van der Waals surface area contributed by atoms with Crippen molar-refractivity contribution in [1.29, 1.82) is 0 Å². The largest absolute Gasteiger partial charge is 0.451 e. The molecule has 26 heavy (non-hydrogen) atoms. The summed E-state index contributed by atoms with van der Waals surface area (Å²) in [6.45, 7) is 1.43. The highest BCUT2D eigenvalue weighted by Gasteiger charge is 2.20. The third kappa shape index (κ3) is 4.82. The summed E-state index contributed by atoms with van der Waals surface area (Å²) in [6, 6.07) is 4.84. The summed E-state index contributed by atoms with van der Waals surface area (Å²) in [7, 11) is 0. The lowest BCUT2D eigenvalue weighted by atomic mass is 10.3. The molecule has 0 radical (unpaired) electrons. The third-order valence-electron chi connectivity index (χ3n) is 3.13. The molecule has 0 atom stereocenters. The molecule has 0 bridgehead atoms. The molecule has 0 aliphatic heterocycles. The van der Waals surface area contributed by atoms with Crippen molar-refractivity contribution < 1.29 is 23.5 Å². The Hall–Kier alpha value is -2.88. The number of hydrogen-bond donors (Lipinski definition) is 2. The first-order valence-electron chi connectivity index (χ1n) is 7.58. The predicted molar refractivity (Wildman–Crippen MR) is 92.8 cm³/mol. The first-order chi connectivity index (χ1) is 12.5. The van der Waals surface area contributed by atoms with Gasteiger partial charge in [0.25, 0.3) is 5.91 Å². The first-order valence-corrected chi connectivity index (χ1v) is 8.81. The lowest BCUT2D eigenvalue weighted by Gasteiger charge is -2.11. The molecule has 2 N–H and O–H groups in total. The van der Waals surface area contributed by atoms with Crippen LogP contribution in [0.1, 0.15) is 17.4 Å². The number of imidazole rings is 1. The average Bonchev–Trinajstić information content (AvgIpc) is 3.04. The zero-order valence-corrected chi connectivity index (χ0v) is 14.9. The molecule has 1 heterocycles. The van der Waals surface area contributed by atoms with E-state index < -0.39 is 30.3 Å². The number of hydrogen-bond acceptors (Lipinski definition) is 6. The molecule has 0 saturated carbocycles. The van der Waals surface area contributed by atoms with Gasteiger partial charge < -0.3 is 10.1 Å². The Morgan fingerprint density at radius 2 is 1.96 bits per heavy atom. The standard InChI is InChI=1S/C16H17FN4O4S/c1-3-18-15(24)20-13(22)9-25-14(23)12-8-19-16(26-2)21(12)11-6-4-10(17)5-7-11/h4-8H,3,9H2,1-2H3,(H2,18,20,22,24). The van der Waals surface area contributed by atoms with Gasteiger partial charge in [-0.15, -0.1) is 0 Å². The number of carbonyl (C=O) groups is 3. The number of ether oxygens (including phenoxy) is 1. The van der Waals surface area contributed by atoms with Crippen molar-refractivity contribution >= 4 is 29.7 Å². The Labute approximate surface area is 153 Å². The molecule has 10 heteroatoms. The summed E-state index contributed by atoms with van der Waals surface area (Å²) in [5.74, 6) is -1.97. The molecule has 0 fully saturated rings. The number of esters is 1. The van der Waals surface area contributed by atoms with Crippen LogP contribution in [0, 0.1) is 5.82 Å². The number of rotatable bonds is 6. The fraction of sp³-hybridized carbons (Fsp3) is 0.250. The van der Waals surface area contributed by atoms with Gasteiger partial charge >= 0.3 is 12.0 Å². The van der Waals surface area contributed by atoms with E-state index in [2.05, 4.69) is 10.3 Å². The van der Waals surface area contributed by atoms with Gasteiger partial charge in [0.15, 0.2) is 17.5 Å². The number of nitrogens with zero attached hydrogens (tertiary/aromatic N) is 2. The van der Waals surface area contributed by atoms with E-state index in [4.69, 9.17) is 4.74 Å². The lowest BCUT2D eigenvalue weighted by Crippen LogP contribution is -2.41. The summed E-state index contributed by atoms with van der Waals surface area (Å²) in [5.41, 5.74) is 0.596. The summed E-state index contributed by atoms with van der Waals surface area (Å²) >= 11 is 1.29. The lowest BCUT2D eigenvalue weighted by molar-refractivity contribution is -0.123. The molecule has 0 aliphatic carbocycles. The molecule has 3 amide bonds. The highest BCUT2D eigenvalue weighted by Crippen LogP contribution is 2.22. The molecule has 0 spiro atoms. The van der Waals surface area contributed by atoms with E-state index in [-0.39, 0.29) is 5.69 Å². The number of carbonyl (C=O) groups excluding carboxylic acids is 3. The molecule has 0 saturated heterocycles. The van der Waals surface area contributed by atoms with Crippen LogP contribution < -0.4 is 10.6 Å². The Kier molecular flexibility index (Phi) is 6.73. The van der Waals surface area contributed by atoms with E-state index in [9.17, 15) is 18.8 Å². The summed E-state index contributed by atoms with van der Waals surface area (Å²) in [4.78, 5) is 39.3. The maximum absolute atomic E-state index is 13.1. The second kappa shape index (κ2) is 8.99. The fourth-order valence-corrected chi connectivity index (χ4v) is 2.58. The molecule has 2 rings (SSSR count). The smallest absolute Gasteiger partial charge is 0.357 e. The van der Waals surface area contributed by atoms with Crippen molar-refractivity contribution in [1.82, 2.24) is 20.2 Å². The van der Waals surface area contributed by atoms with Gasteiger partial charge in [0.2, 0.25) is 0 Å². The van der Waals surface area contributed by atoms with Gasteiger partial charge in [-0.05, 0) is 37.4 Å². The van der Waals surface area contributed by atoms with Gasteiger partial charge in [-0.2, -0.15) is 0 Å². The van der Waals surface area contributed by atoms with Crippen LogP contribution in [-0.2, 0) is 9.53 Å². The zero-order valence-electron chi connectivity index (χ0n) is 14.1. The SMILES string of the molecule is CCNC(=O)NC(=O)COC(=O)c1cnc(SC)n1-c1ccc(F)cc1. The second-order valence-corrected chi connectivity index (χ2v) is 5.70. The fourth-order valence-electron chi connectivity index (χ4n) is 2.04. The predicted octanol–water partition coefficient (Wildman–Crippen LogP) is 1.74. The molecule has 1 aromatic heterocycles. The molecule has 0 aliphatic rings. The van der Waals surface area contributed by atoms with E-state index in [1.807, 2.05) is 5.32 Å². The summed E-state index contributed by atoms with van der Waals surface area (Å²) < 4.78 is 19.6. The van der Waals surface area contributed by atoms with Gasteiger partial charge in [0.1, 0.15) is 5.82 Å². The number of thioether (sulfide) groups is 1. The number of amides is 3. The monoisotopic (exact) mass is 380 g/mol. The van der Waals surface area contributed by atoms with Crippen LogP contribution in [0.2, 0.25) is 0 Å². The summed E-state index contributed by atoms with van der Waals surface area (Å²) in [6.07, 6.45) is 3.08. The highest BCUT2D eigenvalue weighted by molar-refractivity contribution is 7.98. The number of aromatic nitrogens is 2. The van der Waals surface area contributed by atoms with Crippen LogP contribution in [0.15, 0.2) is 35.6 Å². The number of nitrogens with one attached hydrogen (secondary N) is 2. The van der Waals surface area contributed by atoms with Crippen LogP contribution in [0.3, 0.4) is 0 Å². The van der Waals surface area contributed by atoms with E-state index >= 15 is 0 Å². The number of halogens is 1. The van der Waals surface area contributed by atoms with Crippen molar-refractivity contribution in [2.24, 2.45) is 0 Å². The van der Waals surface area contributed by atoms with Crippen LogP contribution in [-0.4, -0.2) is 46.9 Å². The van der Waals surface area contributed by atoms with Crippen LogP contribution in [0.5, 0.6) is 0 Å². The van der Waals surface area contributed by atoms with Gasteiger partial charge in [-0.3, -0.25) is 14.7 Å². The number of urea groups is 1. The van der Waals surface area contributed by atoms with Crippen molar-refractivity contribution in [3.63, 3.8) is 0 Å². The van der Waals surface area contributed by atoms with Gasteiger partial charge in [-0.1, -0.05) is 11.8 Å². The minimum Gasteiger partial charge on any atom is -0.451 e. The highest BCUT2D eigenvalue weighted by atomic mass is 32.2. The Balaban J connectivity index is 2.12. The number of imide groups is 1. The maximum Gasteiger partial charge on any atom is 0.357 e. The van der Waals surface area contributed by atoms with Crippen molar-refractivity contribution in [2.45, 2.75) is 12.1 Å². The Morgan fingerprint density at radius 1 is 1.27 bits per heavy atom. The first kappa shape index (κ1) is 19.4.